The Morgan fingerprint density at radius 1 is 1.07 bits per heavy atom. The Bertz CT molecular complexity index is 423. The van der Waals surface area contributed by atoms with Crippen molar-refractivity contribution in [3.05, 3.63) is 42.7 Å². The smallest absolute Gasteiger partial charge is 0.176 e. The minimum Gasteiger partial charge on any atom is -0.330 e. The highest BCUT2D eigenvalue weighted by molar-refractivity contribution is 5.80. The second-order valence-electron chi connectivity index (χ2n) is 3.45. The normalized spacial score (nSPS) is 10.6. The number of fused-ring (bicyclic) bond motifs is 1. The number of nitrogens with zero attached hydrogens (tertiary/aromatic N) is 1. The van der Waals surface area contributed by atoms with Crippen molar-refractivity contribution in [1.82, 2.24) is 0 Å². The van der Waals surface area contributed by atoms with E-state index in [0.29, 0.717) is 0 Å². The van der Waals surface area contributed by atoms with Crippen molar-refractivity contribution in [2.45, 2.75) is 13.0 Å². The van der Waals surface area contributed by atoms with Gasteiger partial charge in [-0.25, -0.2) is 4.57 Å². The van der Waals surface area contributed by atoms with Gasteiger partial charge in [0.2, 0.25) is 0 Å². The highest BCUT2D eigenvalue weighted by Crippen LogP contribution is 2.09. The number of pyridine rings is 1. The van der Waals surface area contributed by atoms with Gasteiger partial charge in [0.25, 0.3) is 0 Å². The Balaban J connectivity index is 2.32. The zero-order valence-corrected chi connectivity index (χ0v) is 8.19. The van der Waals surface area contributed by atoms with Crippen molar-refractivity contribution < 1.29 is 4.57 Å². The summed E-state index contributed by atoms with van der Waals surface area (Å²) in [7, 11) is 0. The summed E-state index contributed by atoms with van der Waals surface area (Å²) < 4.78 is 2.19. The van der Waals surface area contributed by atoms with Crippen LogP contribution in [-0.4, -0.2) is 6.54 Å². The Morgan fingerprint density at radius 2 is 1.86 bits per heavy atom. The van der Waals surface area contributed by atoms with Gasteiger partial charge in [-0.3, -0.25) is 0 Å². The third-order valence-electron chi connectivity index (χ3n) is 2.37. The molecule has 0 saturated carbocycles. The molecule has 1 aromatic heterocycles. The molecule has 0 atom stereocenters. The van der Waals surface area contributed by atoms with Crippen molar-refractivity contribution in [2.75, 3.05) is 6.54 Å². The first-order valence-corrected chi connectivity index (χ1v) is 4.98. The molecular weight excluding hydrogens is 172 g/mol. The molecule has 0 aliphatic rings. The van der Waals surface area contributed by atoms with Crippen molar-refractivity contribution in [3.63, 3.8) is 0 Å². The zero-order chi connectivity index (χ0) is 9.80. The van der Waals surface area contributed by atoms with E-state index in [2.05, 4.69) is 47.3 Å². The van der Waals surface area contributed by atoms with Gasteiger partial charge in [-0.05, 0) is 18.0 Å². The number of benzene rings is 1. The fourth-order valence-electron chi connectivity index (χ4n) is 1.59. The average Bonchev–Trinajstić information content (AvgIpc) is 2.26. The van der Waals surface area contributed by atoms with Crippen molar-refractivity contribution in [2.24, 2.45) is 5.73 Å². The molecule has 72 valence electrons. The van der Waals surface area contributed by atoms with Crippen molar-refractivity contribution in [1.29, 1.82) is 0 Å². The maximum Gasteiger partial charge on any atom is 0.176 e. The molecule has 2 aromatic rings. The van der Waals surface area contributed by atoms with Crippen LogP contribution in [0.1, 0.15) is 6.42 Å². The van der Waals surface area contributed by atoms with Crippen LogP contribution in [-0.2, 0) is 6.54 Å². The van der Waals surface area contributed by atoms with Gasteiger partial charge in [0.05, 0.1) is 0 Å². The average molecular weight is 187 g/mol. The Hall–Kier alpha value is -1.41. The number of nitrogens with two attached hydrogens (primary N) is 1. The molecule has 0 spiro atoms. The fourth-order valence-corrected chi connectivity index (χ4v) is 1.59. The second-order valence-corrected chi connectivity index (χ2v) is 3.45. The predicted molar refractivity (Wildman–Crippen MR) is 57.8 cm³/mol. The van der Waals surface area contributed by atoms with Gasteiger partial charge in [0, 0.05) is 17.9 Å². The number of hydrogen-bond acceptors (Lipinski definition) is 1. The van der Waals surface area contributed by atoms with E-state index in [4.69, 9.17) is 5.73 Å². The molecule has 2 heteroatoms. The molecule has 0 saturated heterocycles. The molecule has 0 fully saturated rings. The molecule has 0 radical (unpaired) electrons. The maximum atomic E-state index is 5.48. The van der Waals surface area contributed by atoms with Crippen LogP contribution in [0.2, 0.25) is 0 Å². The number of rotatable bonds is 3. The van der Waals surface area contributed by atoms with Crippen LogP contribution in [0.15, 0.2) is 42.7 Å². The lowest BCUT2D eigenvalue weighted by molar-refractivity contribution is -0.695. The molecule has 2 N–H and O–H groups in total. The number of aryl methyl sites for hydroxylation is 1. The third kappa shape index (κ3) is 1.91. The van der Waals surface area contributed by atoms with E-state index in [-0.39, 0.29) is 0 Å². The molecule has 2 nitrogen and oxygen atoms in total. The largest absolute Gasteiger partial charge is 0.330 e. The van der Waals surface area contributed by atoms with Crippen LogP contribution in [0.3, 0.4) is 0 Å². The summed E-state index contributed by atoms with van der Waals surface area (Å²) in [6.07, 6.45) is 5.31. The fraction of sp³-hybridized carbons (Fsp3) is 0.250. The van der Waals surface area contributed by atoms with Crippen LogP contribution < -0.4 is 10.3 Å². The summed E-state index contributed by atoms with van der Waals surface area (Å²) in [5.74, 6) is 0. The first kappa shape index (κ1) is 9.16. The van der Waals surface area contributed by atoms with E-state index in [9.17, 15) is 0 Å². The summed E-state index contributed by atoms with van der Waals surface area (Å²) in [6, 6.07) is 10.5. The maximum absolute atomic E-state index is 5.48. The minimum absolute atomic E-state index is 0.750. The molecule has 2 rings (SSSR count). The first-order valence-electron chi connectivity index (χ1n) is 4.98. The highest BCUT2D eigenvalue weighted by atomic mass is 14.9. The SMILES string of the molecule is NCCC[n+]1ccc2ccccc2c1. The molecule has 0 aliphatic heterocycles. The van der Waals surface area contributed by atoms with Gasteiger partial charge in [0.1, 0.15) is 6.54 Å². The summed E-state index contributed by atoms with van der Waals surface area (Å²) in [5.41, 5.74) is 5.48. The summed E-state index contributed by atoms with van der Waals surface area (Å²) >= 11 is 0. The molecule has 0 bridgehead atoms. The van der Waals surface area contributed by atoms with Crippen LogP contribution in [0.25, 0.3) is 10.8 Å². The van der Waals surface area contributed by atoms with Crippen molar-refractivity contribution >= 4 is 10.8 Å². The van der Waals surface area contributed by atoms with E-state index < -0.39 is 0 Å². The lowest BCUT2D eigenvalue weighted by Crippen LogP contribution is -2.33. The third-order valence-corrected chi connectivity index (χ3v) is 2.37. The minimum atomic E-state index is 0.750. The monoisotopic (exact) mass is 187 g/mol. The van der Waals surface area contributed by atoms with Gasteiger partial charge in [-0.2, -0.15) is 0 Å². The van der Waals surface area contributed by atoms with E-state index >= 15 is 0 Å². The van der Waals surface area contributed by atoms with Gasteiger partial charge < -0.3 is 5.73 Å². The summed E-state index contributed by atoms with van der Waals surface area (Å²) in [4.78, 5) is 0. The molecule has 1 aromatic carbocycles. The van der Waals surface area contributed by atoms with E-state index in [1.807, 2.05) is 0 Å². The number of hydrogen-bond donors (Lipinski definition) is 1. The lowest BCUT2D eigenvalue weighted by atomic mass is 10.2. The second kappa shape index (κ2) is 4.20. The lowest BCUT2D eigenvalue weighted by Gasteiger charge is -1.97. The van der Waals surface area contributed by atoms with E-state index in [1.165, 1.54) is 10.8 Å². The van der Waals surface area contributed by atoms with Gasteiger partial charge >= 0.3 is 0 Å². The van der Waals surface area contributed by atoms with Crippen LogP contribution in [0.4, 0.5) is 0 Å². The molecule has 0 amide bonds. The summed E-state index contributed by atoms with van der Waals surface area (Å²) in [6.45, 7) is 1.75. The van der Waals surface area contributed by atoms with Crippen molar-refractivity contribution in [3.8, 4) is 0 Å². The van der Waals surface area contributed by atoms with Gasteiger partial charge in [0.15, 0.2) is 12.4 Å². The molecule has 0 unspecified atom stereocenters. The predicted octanol–water partition coefficient (Wildman–Crippen LogP) is 1.48. The van der Waals surface area contributed by atoms with E-state index in [0.717, 1.165) is 19.5 Å². The highest BCUT2D eigenvalue weighted by Gasteiger charge is 2.00. The van der Waals surface area contributed by atoms with Crippen LogP contribution in [0, 0.1) is 0 Å². The Kier molecular flexibility index (Phi) is 2.75. The quantitative estimate of drug-likeness (QED) is 0.725. The molecule has 14 heavy (non-hydrogen) atoms. The topological polar surface area (TPSA) is 29.9 Å². The van der Waals surface area contributed by atoms with Crippen LogP contribution in [0.5, 0.6) is 0 Å². The Morgan fingerprint density at radius 3 is 2.64 bits per heavy atom. The zero-order valence-electron chi connectivity index (χ0n) is 8.19. The van der Waals surface area contributed by atoms with Crippen LogP contribution >= 0.6 is 0 Å². The Labute approximate surface area is 84.0 Å². The first-order chi connectivity index (χ1) is 6.90. The molecule has 0 aliphatic carbocycles. The van der Waals surface area contributed by atoms with Gasteiger partial charge in [-0.1, -0.05) is 18.2 Å². The number of aromatic nitrogens is 1. The van der Waals surface area contributed by atoms with E-state index in [1.54, 1.807) is 0 Å². The molecular formula is C12H15N2+. The summed E-state index contributed by atoms with van der Waals surface area (Å²) in [5, 5.41) is 2.57. The standard InChI is InChI=1S/C12H15N2/c13-7-3-8-14-9-6-11-4-1-2-5-12(11)10-14/h1-2,4-6,9-10H,3,7-8,13H2/q+1. The van der Waals surface area contributed by atoms with Gasteiger partial charge in [-0.15, -0.1) is 0 Å². The molecule has 1 heterocycles.